The van der Waals surface area contributed by atoms with Crippen LogP contribution in [0.5, 0.6) is 0 Å². The summed E-state index contributed by atoms with van der Waals surface area (Å²) in [7, 11) is 0. The van der Waals surface area contributed by atoms with Crippen LogP contribution < -0.4 is 0 Å². The molecule has 2 aromatic heterocycles. The smallest absolute Gasteiger partial charge is 0.314 e. The zero-order valence-electron chi connectivity index (χ0n) is 17.0. The van der Waals surface area contributed by atoms with Crippen molar-refractivity contribution in [2.75, 3.05) is 6.54 Å². The Morgan fingerprint density at radius 1 is 1.16 bits per heavy atom. The molecular weight excluding hydrogens is 404 g/mol. The molecule has 1 fully saturated rings. The number of carbonyl (C=O) groups excluding carboxylic acids is 1. The zero-order valence-corrected chi connectivity index (χ0v) is 17.0. The summed E-state index contributed by atoms with van der Waals surface area (Å²) in [5.74, 6) is -0.866. The number of hydrogen-bond acceptors (Lipinski definition) is 6. The Bertz CT molecular complexity index is 1120. The molecule has 2 aliphatic rings. The number of piperidine rings is 1. The van der Waals surface area contributed by atoms with E-state index >= 15 is 0 Å². The number of aryl methyl sites for hydroxylation is 1. The number of fused-ring (bicyclic) bond motifs is 1. The molecule has 1 aromatic carbocycles. The van der Waals surface area contributed by atoms with Gasteiger partial charge >= 0.3 is 6.43 Å². The second-order valence-corrected chi connectivity index (χ2v) is 7.89. The number of nitrogens with zero attached hydrogens (tertiary/aromatic N) is 5. The van der Waals surface area contributed by atoms with Gasteiger partial charge in [-0.15, -0.1) is 10.2 Å². The Balaban J connectivity index is 1.42. The Hall–Kier alpha value is -3.20. The van der Waals surface area contributed by atoms with Crippen molar-refractivity contribution in [2.45, 2.75) is 45.2 Å². The number of amides is 1. The molecule has 0 bridgehead atoms. The molecule has 5 rings (SSSR count). The SMILES string of the molecule is Cc1ccc(C2CCCCN2N2Cc3ccc(-c4nnc(C(F)F)o4)cc3C2=O)cn1. The van der Waals surface area contributed by atoms with Crippen LogP contribution in [0.3, 0.4) is 0 Å². The third-order valence-electron chi connectivity index (χ3n) is 5.87. The molecule has 1 saturated heterocycles. The Kier molecular flexibility index (Phi) is 4.97. The normalized spacial score (nSPS) is 19.3. The lowest BCUT2D eigenvalue weighted by atomic mass is 9.97. The summed E-state index contributed by atoms with van der Waals surface area (Å²) in [5.41, 5.74) is 3.92. The summed E-state index contributed by atoms with van der Waals surface area (Å²) in [5, 5.41) is 11.0. The summed E-state index contributed by atoms with van der Waals surface area (Å²) < 4.78 is 30.6. The first-order valence-corrected chi connectivity index (χ1v) is 10.3. The number of hydrazine groups is 1. The summed E-state index contributed by atoms with van der Waals surface area (Å²) in [4.78, 5) is 17.7. The van der Waals surface area contributed by atoms with Crippen LogP contribution in [0.2, 0.25) is 0 Å². The number of halogens is 2. The number of hydrogen-bond donors (Lipinski definition) is 0. The highest BCUT2D eigenvalue weighted by atomic mass is 19.3. The van der Waals surface area contributed by atoms with Gasteiger partial charge in [-0.25, -0.2) is 5.01 Å². The van der Waals surface area contributed by atoms with Crippen LogP contribution in [-0.4, -0.2) is 37.7 Å². The van der Waals surface area contributed by atoms with Crippen molar-refractivity contribution in [2.24, 2.45) is 0 Å². The Morgan fingerprint density at radius 3 is 2.77 bits per heavy atom. The Labute approximate surface area is 177 Å². The minimum Gasteiger partial charge on any atom is -0.415 e. The topological polar surface area (TPSA) is 75.4 Å². The van der Waals surface area contributed by atoms with Gasteiger partial charge in [-0.05, 0) is 49.1 Å². The number of carbonyl (C=O) groups is 1. The van der Waals surface area contributed by atoms with E-state index in [-0.39, 0.29) is 17.8 Å². The lowest BCUT2D eigenvalue weighted by Gasteiger charge is -2.41. The molecule has 4 heterocycles. The van der Waals surface area contributed by atoms with Crippen molar-refractivity contribution in [1.29, 1.82) is 0 Å². The highest BCUT2D eigenvalue weighted by Crippen LogP contribution is 2.37. The lowest BCUT2D eigenvalue weighted by molar-refractivity contribution is -0.0560. The van der Waals surface area contributed by atoms with Gasteiger partial charge in [-0.2, -0.15) is 8.78 Å². The molecule has 7 nitrogen and oxygen atoms in total. The van der Waals surface area contributed by atoms with Gasteiger partial charge in [0, 0.05) is 29.6 Å². The second-order valence-electron chi connectivity index (χ2n) is 7.89. The summed E-state index contributed by atoms with van der Waals surface area (Å²) >= 11 is 0. The average molecular weight is 425 g/mol. The average Bonchev–Trinajstić information content (AvgIpc) is 3.40. The maximum atomic E-state index is 13.3. The molecule has 1 atom stereocenters. The molecule has 1 amide bonds. The molecule has 0 spiro atoms. The number of benzene rings is 1. The molecule has 9 heteroatoms. The number of alkyl halides is 2. The van der Waals surface area contributed by atoms with Gasteiger partial charge in [-0.1, -0.05) is 18.6 Å². The van der Waals surface area contributed by atoms with Crippen LogP contribution >= 0.6 is 0 Å². The third kappa shape index (κ3) is 3.59. The first-order valence-electron chi connectivity index (χ1n) is 10.3. The van der Waals surface area contributed by atoms with E-state index in [4.69, 9.17) is 4.42 Å². The summed E-state index contributed by atoms with van der Waals surface area (Å²) in [6, 6.07) is 9.34. The molecule has 2 aliphatic heterocycles. The fourth-order valence-corrected chi connectivity index (χ4v) is 4.29. The quantitative estimate of drug-likeness (QED) is 0.614. The van der Waals surface area contributed by atoms with E-state index in [9.17, 15) is 13.6 Å². The highest BCUT2D eigenvalue weighted by molar-refractivity contribution is 5.99. The lowest BCUT2D eigenvalue weighted by Crippen LogP contribution is -2.47. The molecule has 0 N–H and O–H groups in total. The molecule has 0 aliphatic carbocycles. The van der Waals surface area contributed by atoms with E-state index < -0.39 is 12.3 Å². The van der Waals surface area contributed by atoms with Gasteiger partial charge < -0.3 is 4.42 Å². The molecule has 3 aromatic rings. The van der Waals surface area contributed by atoms with Crippen molar-refractivity contribution in [3.63, 3.8) is 0 Å². The van der Waals surface area contributed by atoms with Gasteiger partial charge in [0.15, 0.2) is 0 Å². The maximum absolute atomic E-state index is 13.3. The van der Waals surface area contributed by atoms with E-state index in [1.165, 1.54) is 0 Å². The first-order chi connectivity index (χ1) is 15.0. The fraction of sp³-hybridized carbons (Fsp3) is 0.364. The highest BCUT2D eigenvalue weighted by Gasteiger charge is 2.37. The molecular formula is C22H21F2N5O2. The molecule has 160 valence electrons. The van der Waals surface area contributed by atoms with Crippen LogP contribution in [0.1, 0.15) is 64.8 Å². The third-order valence-corrected chi connectivity index (χ3v) is 5.87. The largest absolute Gasteiger partial charge is 0.415 e. The van der Waals surface area contributed by atoms with Crippen LogP contribution in [0, 0.1) is 6.92 Å². The zero-order chi connectivity index (χ0) is 21.5. The van der Waals surface area contributed by atoms with E-state index in [1.54, 1.807) is 17.1 Å². The van der Waals surface area contributed by atoms with E-state index in [0.29, 0.717) is 17.7 Å². The monoisotopic (exact) mass is 425 g/mol. The first kappa shape index (κ1) is 19.7. The minimum absolute atomic E-state index is 0.0223. The summed E-state index contributed by atoms with van der Waals surface area (Å²) in [6.07, 6.45) is 2.12. The van der Waals surface area contributed by atoms with E-state index in [1.807, 2.05) is 25.3 Å². The van der Waals surface area contributed by atoms with Crippen molar-refractivity contribution in [1.82, 2.24) is 25.2 Å². The Morgan fingerprint density at radius 2 is 2.03 bits per heavy atom. The van der Waals surface area contributed by atoms with E-state index in [2.05, 4.69) is 26.3 Å². The molecule has 0 saturated carbocycles. The van der Waals surface area contributed by atoms with Crippen LogP contribution in [0.4, 0.5) is 8.78 Å². The van der Waals surface area contributed by atoms with Gasteiger partial charge in [0.05, 0.1) is 12.6 Å². The van der Waals surface area contributed by atoms with Crippen molar-refractivity contribution in [3.05, 3.63) is 64.8 Å². The number of rotatable bonds is 4. The molecule has 31 heavy (non-hydrogen) atoms. The maximum Gasteiger partial charge on any atom is 0.314 e. The number of aromatic nitrogens is 3. The second kappa shape index (κ2) is 7.81. The van der Waals surface area contributed by atoms with Crippen LogP contribution in [-0.2, 0) is 6.54 Å². The fourth-order valence-electron chi connectivity index (χ4n) is 4.29. The molecule has 0 radical (unpaired) electrons. The standard InChI is InChI=1S/C22H21F2N5O2/c1-13-5-6-15(11-25-13)18-4-2-3-9-28(18)29-12-16-8-7-14(10-17(16)22(29)30)20-26-27-21(31-20)19(23)24/h5-8,10-11,18-19H,2-4,9,12H2,1H3. The predicted octanol–water partition coefficient (Wildman–Crippen LogP) is 4.48. The van der Waals surface area contributed by atoms with Gasteiger partial charge in [0.25, 0.3) is 11.8 Å². The molecule has 1 unspecified atom stereocenters. The van der Waals surface area contributed by atoms with Crippen LogP contribution in [0.15, 0.2) is 40.9 Å². The van der Waals surface area contributed by atoms with E-state index in [0.717, 1.165) is 42.6 Å². The van der Waals surface area contributed by atoms with Crippen molar-refractivity contribution >= 4 is 5.91 Å². The van der Waals surface area contributed by atoms with Crippen molar-refractivity contribution < 1.29 is 18.0 Å². The van der Waals surface area contributed by atoms with Gasteiger partial charge in [-0.3, -0.25) is 14.8 Å². The van der Waals surface area contributed by atoms with Gasteiger partial charge in [0.2, 0.25) is 5.89 Å². The number of pyridine rings is 1. The summed E-state index contributed by atoms with van der Waals surface area (Å²) in [6.45, 7) is 3.21. The van der Waals surface area contributed by atoms with Crippen molar-refractivity contribution in [3.8, 4) is 11.5 Å². The van der Waals surface area contributed by atoms with Gasteiger partial charge in [0.1, 0.15) is 0 Å². The minimum atomic E-state index is -2.83. The van der Waals surface area contributed by atoms with Crippen LogP contribution in [0.25, 0.3) is 11.5 Å². The predicted molar refractivity (Wildman–Crippen MR) is 107 cm³/mol.